The molecular weight excluding hydrogens is 176 g/mol. The van der Waals surface area contributed by atoms with Gasteiger partial charge in [-0.3, -0.25) is 4.68 Å². The second-order valence-electron chi connectivity index (χ2n) is 3.97. The largest absolute Gasteiger partial charge is 0.369 e. The molecule has 14 heavy (non-hydrogen) atoms. The molecule has 1 aliphatic heterocycles. The van der Waals surface area contributed by atoms with Gasteiger partial charge < -0.3 is 10.6 Å². The number of nitrogens with one attached hydrogen (secondary N) is 2. The minimum atomic E-state index is 0.630. The van der Waals surface area contributed by atoms with Gasteiger partial charge in [-0.05, 0) is 26.3 Å². The zero-order valence-corrected chi connectivity index (χ0v) is 8.88. The van der Waals surface area contributed by atoms with Crippen molar-refractivity contribution in [3.8, 4) is 0 Å². The van der Waals surface area contributed by atoms with Crippen LogP contribution < -0.4 is 10.6 Å². The molecule has 2 N–H and O–H groups in total. The van der Waals surface area contributed by atoms with Crippen molar-refractivity contribution in [2.75, 3.05) is 18.4 Å². The summed E-state index contributed by atoms with van der Waals surface area (Å²) in [5.74, 6) is 1.11. The SMILES string of the molecule is Cc1cc(NCC2CCCN2)n(C)n1. The van der Waals surface area contributed by atoms with Gasteiger partial charge in [0.1, 0.15) is 5.82 Å². The lowest BCUT2D eigenvalue weighted by molar-refractivity contribution is 0.628. The van der Waals surface area contributed by atoms with E-state index in [1.807, 2.05) is 18.7 Å². The highest BCUT2D eigenvalue weighted by atomic mass is 15.3. The van der Waals surface area contributed by atoms with Crippen LogP contribution in [-0.2, 0) is 7.05 Å². The lowest BCUT2D eigenvalue weighted by Gasteiger charge is -2.12. The molecule has 2 rings (SSSR count). The molecule has 0 spiro atoms. The summed E-state index contributed by atoms with van der Waals surface area (Å²) in [7, 11) is 1.97. The lowest BCUT2D eigenvalue weighted by Crippen LogP contribution is -2.29. The van der Waals surface area contributed by atoms with Gasteiger partial charge in [0.2, 0.25) is 0 Å². The number of hydrogen-bond acceptors (Lipinski definition) is 3. The highest BCUT2D eigenvalue weighted by Gasteiger charge is 2.13. The molecule has 0 aliphatic carbocycles. The van der Waals surface area contributed by atoms with Crippen LogP contribution in [0.2, 0.25) is 0 Å². The third-order valence-corrected chi connectivity index (χ3v) is 2.69. The zero-order valence-electron chi connectivity index (χ0n) is 8.88. The Morgan fingerprint density at radius 2 is 2.57 bits per heavy atom. The van der Waals surface area contributed by atoms with E-state index in [0.717, 1.165) is 24.6 Å². The van der Waals surface area contributed by atoms with Crippen LogP contribution in [-0.4, -0.2) is 28.9 Å². The molecule has 2 heterocycles. The molecule has 1 atom stereocenters. The number of anilines is 1. The number of rotatable bonds is 3. The first kappa shape index (κ1) is 9.52. The van der Waals surface area contributed by atoms with Gasteiger partial charge in [0.15, 0.2) is 0 Å². The van der Waals surface area contributed by atoms with Gasteiger partial charge in [-0.25, -0.2) is 0 Å². The van der Waals surface area contributed by atoms with Crippen LogP contribution in [0.1, 0.15) is 18.5 Å². The van der Waals surface area contributed by atoms with Crippen molar-refractivity contribution in [3.63, 3.8) is 0 Å². The topological polar surface area (TPSA) is 41.9 Å². The van der Waals surface area contributed by atoms with E-state index in [9.17, 15) is 0 Å². The third-order valence-electron chi connectivity index (χ3n) is 2.69. The Labute approximate surface area is 84.7 Å². The molecule has 1 aromatic heterocycles. The number of aryl methyl sites for hydroxylation is 2. The second-order valence-corrected chi connectivity index (χ2v) is 3.97. The van der Waals surface area contributed by atoms with Gasteiger partial charge >= 0.3 is 0 Å². The molecule has 0 aromatic carbocycles. The maximum Gasteiger partial charge on any atom is 0.124 e. The number of aromatic nitrogens is 2. The summed E-state index contributed by atoms with van der Waals surface area (Å²) in [6, 6.07) is 2.71. The molecule has 0 bridgehead atoms. The molecule has 0 amide bonds. The molecule has 78 valence electrons. The molecule has 0 radical (unpaired) electrons. The Kier molecular flexibility index (Phi) is 2.72. The summed E-state index contributed by atoms with van der Waals surface area (Å²) in [6.45, 7) is 4.18. The van der Waals surface area contributed by atoms with Crippen LogP contribution in [0.4, 0.5) is 5.82 Å². The first-order chi connectivity index (χ1) is 6.75. The van der Waals surface area contributed by atoms with Crippen LogP contribution in [0.25, 0.3) is 0 Å². The van der Waals surface area contributed by atoms with E-state index in [-0.39, 0.29) is 0 Å². The molecule has 0 saturated carbocycles. The number of nitrogens with zero attached hydrogens (tertiary/aromatic N) is 2. The van der Waals surface area contributed by atoms with Gasteiger partial charge in [-0.15, -0.1) is 0 Å². The van der Waals surface area contributed by atoms with Crippen molar-refractivity contribution in [1.29, 1.82) is 0 Å². The Bertz CT molecular complexity index is 299. The Balaban J connectivity index is 1.87. The monoisotopic (exact) mass is 194 g/mol. The van der Waals surface area contributed by atoms with Crippen LogP contribution in [0.5, 0.6) is 0 Å². The zero-order chi connectivity index (χ0) is 9.97. The van der Waals surface area contributed by atoms with E-state index in [4.69, 9.17) is 0 Å². The third kappa shape index (κ3) is 2.07. The van der Waals surface area contributed by atoms with E-state index in [2.05, 4.69) is 21.8 Å². The van der Waals surface area contributed by atoms with Crippen molar-refractivity contribution >= 4 is 5.82 Å². The van der Waals surface area contributed by atoms with Crippen molar-refractivity contribution in [3.05, 3.63) is 11.8 Å². The summed E-state index contributed by atoms with van der Waals surface area (Å²) >= 11 is 0. The Morgan fingerprint density at radius 3 is 3.14 bits per heavy atom. The van der Waals surface area contributed by atoms with Crippen molar-refractivity contribution in [1.82, 2.24) is 15.1 Å². The average Bonchev–Trinajstić information content (AvgIpc) is 2.72. The van der Waals surface area contributed by atoms with Crippen LogP contribution in [0, 0.1) is 6.92 Å². The van der Waals surface area contributed by atoms with E-state index in [1.54, 1.807) is 0 Å². The lowest BCUT2D eigenvalue weighted by atomic mass is 10.2. The van der Waals surface area contributed by atoms with Crippen LogP contribution in [0.3, 0.4) is 0 Å². The normalized spacial score (nSPS) is 21.4. The molecule has 4 heteroatoms. The van der Waals surface area contributed by atoms with Crippen molar-refractivity contribution < 1.29 is 0 Å². The Morgan fingerprint density at radius 1 is 1.71 bits per heavy atom. The van der Waals surface area contributed by atoms with Crippen molar-refractivity contribution in [2.45, 2.75) is 25.8 Å². The smallest absolute Gasteiger partial charge is 0.124 e. The summed E-state index contributed by atoms with van der Waals surface area (Å²) in [5, 5.41) is 11.2. The van der Waals surface area contributed by atoms with Crippen LogP contribution >= 0.6 is 0 Å². The summed E-state index contributed by atoms with van der Waals surface area (Å²) in [4.78, 5) is 0. The van der Waals surface area contributed by atoms with Gasteiger partial charge in [-0.2, -0.15) is 5.10 Å². The van der Waals surface area contributed by atoms with Gasteiger partial charge in [-0.1, -0.05) is 0 Å². The molecule has 1 aliphatic rings. The minimum absolute atomic E-state index is 0.630. The standard InChI is InChI=1S/C10H18N4/c1-8-6-10(14(2)13-8)12-7-9-4-3-5-11-9/h6,9,11-12H,3-5,7H2,1-2H3. The molecular formula is C10H18N4. The molecule has 1 fully saturated rings. The van der Waals surface area contributed by atoms with E-state index < -0.39 is 0 Å². The molecule has 1 aromatic rings. The fraction of sp³-hybridized carbons (Fsp3) is 0.700. The Hall–Kier alpha value is -1.03. The van der Waals surface area contributed by atoms with Gasteiger partial charge in [0.25, 0.3) is 0 Å². The molecule has 1 saturated heterocycles. The summed E-state index contributed by atoms with van der Waals surface area (Å²) in [5.41, 5.74) is 1.06. The predicted molar refractivity (Wildman–Crippen MR) is 57.5 cm³/mol. The summed E-state index contributed by atoms with van der Waals surface area (Å²) < 4.78 is 1.89. The second kappa shape index (κ2) is 4.00. The fourth-order valence-corrected chi connectivity index (χ4v) is 1.93. The first-order valence-corrected chi connectivity index (χ1v) is 5.23. The fourth-order valence-electron chi connectivity index (χ4n) is 1.93. The first-order valence-electron chi connectivity index (χ1n) is 5.23. The highest BCUT2D eigenvalue weighted by molar-refractivity contribution is 5.36. The quantitative estimate of drug-likeness (QED) is 0.751. The van der Waals surface area contributed by atoms with E-state index in [1.165, 1.54) is 12.8 Å². The average molecular weight is 194 g/mol. The minimum Gasteiger partial charge on any atom is -0.369 e. The molecule has 4 nitrogen and oxygen atoms in total. The van der Waals surface area contributed by atoms with Crippen LogP contribution in [0.15, 0.2) is 6.07 Å². The van der Waals surface area contributed by atoms with Crippen molar-refractivity contribution in [2.24, 2.45) is 7.05 Å². The maximum atomic E-state index is 4.29. The van der Waals surface area contributed by atoms with E-state index >= 15 is 0 Å². The summed E-state index contributed by atoms with van der Waals surface area (Å²) in [6.07, 6.45) is 2.58. The molecule has 1 unspecified atom stereocenters. The van der Waals surface area contributed by atoms with Gasteiger partial charge in [0, 0.05) is 25.7 Å². The number of hydrogen-bond donors (Lipinski definition) is 2. The van der Waals surface area contributed by atoms with E-state index in [0.29, 0.717) is 6.04 Å². The predicted octanol–water partition coefficient (Wildman–Crippen LogP) is 0.892. The van der Waals surface area contributed by atoms with Gasteiger partial charge in [0.05, 0.1) is 5.69 Å². The highest BCUT2D eigenvalue weighted by Crippen LogP contribution is 2.10. The maximum absolute atomic E-state index is 4.29.